The van der Waals surface area contributed by atoms with E-state index in [-0.39, 0.29) is 12.5 Å². The van der Waals surface area contributed by atoms with Gasteiger partial charge in [-0.1, -0.05) is 31.4 Å². The topological polar surface area (TPSA) is 80.2 Å². The summed E-state index contributed by atoms with van der Waals surface area (Å²) in [4.78, 5) is 20.9. The monoisotopic (exact) mass is 373 g/mol. The summed E-state index contributed by atoms with van der Waals surface area (Å²) in [5, 5.41) is 16.3. The zero-order valence-corrected chi connectivity index (χ0v) is 16.2. The number of para-hydroxylation sites is 2. The molecule has 1 aromatic rings. The van der Waals surface area contributed by atoms with E-state index in [9.17, 15) is 9.90 Å². The van der Waals surface area contributed by atoms with Crippen LogP contribution in [0.2, 0.25) is 0 Å². The Morgan fingerprint density at radius 2 is 1.85 bits per heavy atom. The van der Waals surface area contributed by atoms with Crippen molar-refractivity contribution in [1.82, 2.24) is 15.5 Å². The van der Waals surface area contributed by atoms with E-state index in [2.05, 4.69) is 25.4 Å². The van der Waals surface area contributed by atoms with Crippen LogP contribution in [0, 0.1) is 0 Å². The van der Waals surface area contributed by atoms with Crippen molar-refractivity contribution in [3.63, 3.8) is 0 Å². The van der Waals surface area contributed by atoms with E-state index in [4.69, 9.17) is 0 Å². The number of aromatic hydroxyl groups is 1. The lowest BCUT2D eigenvalue weighted by molar-refractivity contribution is -0.120. The van der Waals surface area contributed by atoms with Crippen LogP contribution in [0.4, 0.5) is 5.69 Å². The number of nitrogens with one attached hydrogen (secondary N) is 2. The van der Waals surface area contributed by atoms with Gasteiger partial charge < -0.3 is 25.5 Å². The highest BCUT2D eigenvalue weighted by molar-refractivity contribution is 5.86. The first kappa shape index (κ1) is 19.3. The number of guanidine groups is 1. The standard InChI is InChI=1S/C20H31N5O2/c1-21-20(22-15-19(27)23-16-7-3-2-4-8-16)25-13-11-24(12-14-25)17-9-5-6-10-18(17)26/h5-6,9-10,16,26H,2-4,7-8,11-15H2,1H3,(H,21,22)(H,23,27). The molecule has 0 bridgehead atoms. The number of nitrogens with zero attached hydrogens (tertiary/aromatic N) is 3. The molecular weight excluding hydrogens is 342 g/mol. The number of anilines is 1. The number of piperazine rings is 1. The molecule has 1 amide bonds. The molecule has 1 saturated carbocycles. The largest absolute Gasteiger partial charge is 0.506 e. The molecule has 2 aliphatic rings. The third-order valence-corrected chi connectivity index (χ3v) is 5.39. The number of rotatable bonds is 4. The fourth-order valence-electron chi connectivity index (χ4n) is 3.91. The van der Waals surface area contributed by atoms with Crippen LogP contribution in [0.1, 0.15) is 32.1 Å². The van der Waals surface area contributed by atoms with Crippen LogP contribution < -0.4 is 15.5 Å². The van der Waals surface area contributed by atoms with Crippen LogP contribution in [0.3, 0.4) is 0 Å². The lowest BCUT2D eigenvalue weighted by atomic mass is 9.95. The lowest BCUT2D eigenvalue weighted by Gasteiger charge is -2.37. The quantitative estimate of drug-likeness (QED) is 0.551. The van der Waals surface area contributed by atoms with Gasteiger partial charge in [0.25, 0.3) is 0 Å². The average Bonchev–Trinajstić information content (AvgIpc) is 2.70. The first-order valence-electron chi connectivity index (χ1n) is 9.95. The Kier molecular flexibility index (Phi) is 6.79. The lowest BCUT2D eigenvalue weighted by Crippen LogP contribution is -2.54. The minimum atomic E-state index is 0.0379. The Balaban J connectivity index is 1.45. The maximum absolute atomic E-state index is 12.2. The molecule has 0 atom stereocenters. The van der Waals surface area contributed by atoms with Crippen LogP contribution in [0.25, 0.3) is 0 Å². The SMILES string of the molecule is CN=C(NCC(=O)NC1CCCCC1)N1CCN(c2ccccc2O)CC1. The van der Waals surface area contributed by atoms with Crippen molar-refractivity contribution >= 4 is 17.6 Å². The van der Waals surface area contributed by atoms with Crippen LogP contribution in [-0.4, -0.2) is 67.7 Å². The Bertz CT molecular complexity index is 650. The first-order chi connectivity index (χ1) is 13.2. The van der Waals surface area contributed by atoms with E-state index < -0.39 is 0 Å². The predicted octanol–water partition coefficient (Wildman–Crippen LogP) is 1.54. The highest BCUT2D eigenvalue weighted by Gasteiger charge is 2.22. The van der Waals surface area contributed by atoms with Gasteiger partial charge in [0.05, 0.1) is 12.2 Å². The molecule has 0 radical (unpaired) electrons. The number of benzene rings is 1. The summed E-state index contributed by atoms with van der Waals surface area (Å²) in [5.74, 6) is 1.11. The number of amides is 1. The van der Waals surface area contributed by atoms with Gasteiger partial charge in [0.2, 0.25) is 5.91 Å². The summed E-state index contributed by atoms with van der Waals surface area (Å²) < 4.78 is 0. The van der Waals surface area contributed by atoms with Crippen LogP contribution in [0.5, 0.6) is 5.75 Å². The maximum Gasteiger partial charge on any atom is 0.239 e. The molecule has 7 heteroatoms. The Labute approximate surface area is 161 Å². The molecule has 0 spiro atoms. The van der Waals surface area contributed by atoms with Gasteiger partial charge in [-0.25, -0.2) is 0 Å². The minimum Gasteiger partial charge on any atom is -0.506 e. The second kappa shape index (κ2) is 9.48. The molecule has 27 heavy (non-hydrogen) atoms. The van der Waals surface area contributed by atoms with E-state index in [1.54, 1.807) is 13.1 Å². The second-order valence-electron chi connectivity index (χ2n) is 7.27. The number of phenols is 1. The van der Waals surface area contributed by atoms with E-state index in [1.807, 2.05) is 18.2 Å². The molecule has 1 saturated heterocycles. The molecule has 7 nitrogen and oxygen atoms in total. The van der Waals surface area contributed by atoms with Gasteiger partial charge in [0.15, 0.2) is 5.96 Å². The van der Waals surface area contributed by atoms with Gasteiger partial charge in [-0.05, 0) is 25.0 Å². The summed E-state index contributed by atoms with van der Waals surface area (Å²) in [5.41, 5.74) is 0.868. The molecule has 2 fully saturated rings. The average molecular weight is 374 g/mol. The summed E-state index contributed by atoms with van der Waals surface area (Å²) in [7, 11) is 1.75. The fourth-order valence-corrected chi connectivity index (χ4v) is 3.91. The molecule has 0 unspecified atom stereocenters. The smallest absolute Gasteiger partial charge is 0.239 e. The number of hydrogen-bond donors (Lipinski definition) is 3. The fraction of sp³-hybridized carbons (Fsp3) is 0.600. The van der Waals surface area contributed by atoms with Gasteiger partial charge in [0, 0.05) is 39.3 Å². The normalized spacial score (nSPS) is 19.1. The summed E-state index contributed by atoms with van der Waals surface area (Å²) in [6.07, 6.45) is 5.89. The van der Waals surface area contributed by atoms with Gasteiger partial charge in [-0.3, -0.25) is 9.79 Å². The van der Waals surface area contributed by atoms with Crippen molar-refractivity contribution < 1.29 is 9.90 Å². The Morgan fingerprint density at radius 3 is 2.52 bits per heavy atom. The van der Waals surface area contributed by atoms with Gasteiger partial charge in [-0.2, -0.15) is 0 Å². The molecule has 1 aliphatic heterocycles. The van der Waals surface area contributed by atoms with Crippen molar-refractivity contribution in [3.8, 4) is 5.75 Å². The van der Waals surface area contributed by atoms with E-state index in [0.717, 1.165) is 50.7 Å². The van der Waals surface area contributed by atoms with Crippen LogP contribution >= 0.6 is 0 Å². The highest BCUT2D eigenvalue weighted by atomic mass is 16.3. The third kappa shape index (κ3) is 5.28. The second-order valence-corrected chi connectivity index (χ2v) is 7.27. The summed E-state index contributed by atoms with van der Waals surface area (Å²) in [6, 6.07) is 7.75. The molecular formula is C20H31N5O2. The van der Waals surface area contributed by atoms with Gasteiger partial charge in [-0.15, -0.1) is 0 Å². The van der Waals surface area contributed by atoms with Crippen molar-refractivity contribution in [2.75, 3.05) is 44.7 Å². The molecule has 1 aromatic carbocycles. The maximum atomic E-state index is 12.2. The van der Waals surface area contributed by atoms with E-state index in [0.29, 0.717) is 11.8 Å². The summed E-state index contributed by atoms with van der Waals surface area (Å²) in [6.45, 7) is 3.43. The van der Waals surface area contributed by atoms with Gasteiger partial charge >= 0.3 is 0 Å². The highest BCUT2D eigenvalue weighted by Crippen LogP contribution is 2.27. The number of hydrogen-bond acceptors (Lipinski definition) is 4. The zero-order valence-electron chi connectivity index (χ0n) is 16.2. The number of phenolic OH excluding ortho intramolecular Hbond substituents is 1. The van der Waals surface area contributed by atoms with Crippen molar-refractivity contribution in [3.05, 3.63) is 24.3 Å². The van der Waals surface area contributed by atoms with Crippen LogP contribution in [-0.2, 0) is 4.79 Å². The Hall–Kier alpha value is -2.44. The van der Waals surface area contributed by atoms with Crippen molar-refractivity contribution in [2.24, 2.45) is 4.99 Å². The number of carbonyl (C=O) groups excluding carboxylic acids is 1. The molecule has 1 aliphatic carbocycles. The van der Waals surface area contributed by atoms with E-state index in [1.165, 1.54) is 19.3 Å². The summed E-state index contributed by atoms with van der Waals surface area (Å²) >= 11 is 0. The third-order valence-electron chi connectivity index (χ3n) is 5.39. The van der Waals surface area contributed by atoms with Crippen molar-refractivity contribution in [2.45, 2.75) is 38.1 Å². The van der Waals surface area contributed by atoms with Gasteiger partial charge in [0.1, 0.15) is 5.75 Å². The molecule has 1 heterocycles. The van der Waals surface area contributed by atoms with Crippen molar-refractivity contribution in [1.29, 1.82) is 0 Å². The number of carbonyl (C=O) groups is 1. The predicted molar refractivity (Wildman–Crippen MR) is 108 cm³/mol. The first-order valence-corrected chi connectivity index (χ1v) is 9.95. The van der Waals surface area contributed by atoms with Crippen LogP contribution in [0.15, 0.2) is 29.3 Å². The van der Waals surface area contributed by atoms with E-state index >= 15 is 0 Å². The molecule has 3 N–H and O–H groups in total. The Morgan fingerprint density at radius 1 is 1.15 bits per heavy atom. The number of aliphatic imine (C=N–C) groups is 1. The molecule has 0 aromatic heterocycles. The minimum absolute atomic E-state index is 0.0379. The zero-order chi connectivity index (χ0) is 19.1. The molecule has 3 rings (SSSR count). The molecule has 148 valence electrons.